The molecular formula is C51H31FN4S. The van der Waals surface area contributed by atoms with Gasteiger partial charge in [0.2, 0.25) is 0 Å². The molecule has 4 nitrogen and oxygen atoms in total. The first kappa shape index (κ1) is 33.1. The van der Waals surface area contributed by atoms with Crippen molar-refractivity contribution in [1.82, 2.24) is 19.5 Å². The highest BCUT2D eigenvalue weighted by molar-refractivity contribution is 7.26. The van der Waals surface area contributed by atoms with Gasteiger partial charge in [0.15, 0.2) is 17.5 Å². The minimum Gasteiger partial charge on any atom is -0.309 e. The van der Waals surface area contributed by atoms with Crippen molar-refractivity contribution in [3.63, 3.8) is 0 Å². The molecule has 0 amide bonds. The van der Waals surface area contributed by atoms with Crippen LogP contribution in [-0.2, 0) is 0 Å². The van der Waals surface area contributed by atoms with E-state index < -0.39 is 0 Å². The predicted octanol–water partition coefficient (Wildman–Crippen LogP) is 13.8. The van der Waals surface area contributed by atoms with Crippen molar-refractivity contribution in [2.45, 2.75) is 0 Å². The normalized spacial score (nSPS) is 11.6. The zero-order valence-corrected chi connectivity index (χ0v) is 31.3. The first-order chi connectivity index (χ1) is 28.2. The van der Waals surface area contributed by atoms with Crippen molar-refractivity contribution in [1.29, 1.82) is 0 Å². The van der Waals surface area contributed by atoms with Gasteiger partial charge in [-0.15, -0.1) is 11.3 Å². The van der Waals surface area contributed by atoms with E-state index in [9.17, 15) is 4.39 Å². The summed E-state index contributed by atoms with van der Waals surface area (Å²) in [7, 11) is 0. The van der Waals surface area contributed by atoms with Crippen molar-refractivity contribution in [2.75, 3.05) is 0 Å². The van der Waals surface area contributed by atoms with Crippen LogP contribution in [0.2, 0.25) is 0 Å². The number of para-hydroxylation sites is 2. The molecule has 0 aliphatic carbocycles. The van der Waals surface area contributed by atoms with Gasteiger partial charge in [-0.3, -0.25) is 0 Å². The fraction of sp³-hybridized carbons (Fsp3) is 0. The zero-order chi connectivity index (χ0) is 37.9. The summed E-state index contributed by atoms with van der Waals surface area (Å²) < 4.78 is 19.6. The average Bonchev–Trinajstić information content (AvgIpc) is 3.82. The van der Waals surface area contributed by atoms with Crippen molar-refractivity contribution >= 4 is 53.3 Å². The van der Waals surface area contributed by atoms with Crippen LogP contribution in [0.3, 0.4) is 0 Å². The Hall–Kier alpha value is -7.28. The van der Waals surface area contributed by atoms with E-state index in [1.807, 2.05) is 53.8 Å². The van der Waals surface area contributed by atoms with E-state index in [0.29, 0.717) is 17.5 Å². The fourth-order valence-electron chi connectivity index (χ4n) is 8.09. The van der Waals surface area contributed by atoms with Crippen LogP contribution in [0.1, 0.15) is 0 Å². The fourth-order valence-corrected chi connectivity index (χ4v) is 9.33. The summed E-state index contributed by atoms with van der Waals surface area (Å²) in [4.78, 5) is 15.4. The van der Waals surface area contributed by atoms with Crippen LogP contribution >= 0.6 is 11.3 Å². The predicted molar refractivity (Wildman–Crippen MR) is 234 cm³/mol. The van der Waals surface area contributed by atoms with Crippen molar-refractivity contribution in [2.24, 2.45) is 0 Å². The highest BCUT2D eigenvalue weighted by Gasteiger charge is 2.20. The first-order valence-electron chi connectivity index (χ1n) is 18.9. The Balaban J connectivity index is 1.12. The summed E-state index contributed by atoms with van der Waals surface area (Å²) in [5.74, 6) is 1.42. The molecule has 0 fully saturated rings. The Bertz CT molecular complexity index is 3280. The van der Waals surface area contributed by atoms with E-state index in [1.165, 1.54) is 31.8 Å². The van der Waals surface area contributed by atoms with Crippen molar-refractivity contribution < 1.29 is 4.39 Å². The van der Waals surface area contributed by atoms with Gasteiger partial charge in [0.1, 0.15) is 5.82 Å². The van der Waals surface area contributed by atoms with Gasteiger partial charge in [0.05, 0.1) is 16.7 Å². The van der Waals surface area contributed by atoms with Crippen LogP contribution in [0.15, 0.2) is 188 Å². The summed E-state index contributed by atoms with van der Waals surface area (Å²) >= 11 is 1.82. The van der Waals surface area contributed by atoms with E-state index in [0.717, 1.165) is 60.9 Å². The largest absolute Gasteiger partial charge is 0.309 e. The second kappa shape index (κ2) is 13.5. The maximum absolute atomic E-state index is 14.8. The molecule has 8 aromatic carbocycles. The number of benzene rings is 8. The molecule has 0 aliphatic heterocycles. The van der Waals surface area contributed by atoms with E-state index in [4.69, 9.17) is 15.0 Å². The molecule has 268 valence electrons. The average molecular weight is 751 g/mol. The molecule has 0 saturated carbocycles. The van der Waals surface area contributed by atoms with E-state index in [1.54, 1.807) is 12.1 Å². The molecule has 0 spiro atoms. The van der Waals surface area contributed by atoms with Crippen LogP contribution in [0, 0.1) is 5.82 Å². The third kappa shape index (κ3) is 5.69. The summed E-state index contributed by atoms with van der Waals surface area (Å²) in [6.07, 6.45) is 0. The van der Waals surface area contributed by atoms with Gasteiger partial charge in [0.25, 0.3) is 0 Å². The van der Waals surface area contributed by atoms with E-state index >= 15 is 0 Å². The van der Waals surface area contributed by atoms with Crippen LogP contribution < -0.4 is 0 Å². The second-order valence-corrected chi connectivity index (χ2v) is 15.2. The third-order valence-electron chi connectivity index (χ3n) is 10.7. The van der Waals surface area contributed by atoms with E-state index in [2.05, 4.69) is 132 Å². The molecule has 11 aromatic rings. The molecule has 0 saturated heterocycles. The molecule has 6 heteroatoms. The maximum atomic E-state index is 14.8. The smallest absolute Gasteiger partial charge is 0.164 e. The van der Waals surface area contributed by atoms with Gasteiger partial charge in [0, 0.05) is 53.2 Å². The SMILES string of the molecule is Fc1cccc(-c2ccc(-c3nc(-c4ccccc4)nc(-c4cccc(-c5cccc6c5sc5ccccc56)c4)n3)cc2-n2c3ccccc3c3ccccc32)c1. The van der Waals surface area contributed by atoms with Crippen LogP contribution in [0.25, 0.3) is 104 Å². The minimum absolute atomic E-state index is 0.287. The minimum atomic E-state index is -0.287. The van der Waals surface area contributed by atoms with Gasteiger partial charge < -0.3 is 4.57 Å². The number of rotatable bonds is 6. The number of aromatic nitrogens is 4. The monoisotopic (exact) mass is 750 g/mol. The standard InChI is InChI=1S/C51H31FN4S/c52-37-18-11-16-34(30-37)38-28-27-36(31-46(38)56-44-24-7-4-19-40(44)41-20-5-8-25-45(41)56)51-54-49(32-13-2-1-3-14-32)53-50(55-51)35-17-10-15-33(29-35)39-22-12-23-43-42-21-6-9-26-47(42)57-48(39)43/h1-31H. The summed E-state index contributed by atoms with van der Waals surface area (Å²) in [6.45, 7) is 0. The lowest BCUT2D eigenvalue weighted by molar-refractivity contribution is 0.628. The highest BCUT2D eigenvalue weighted by atomic mass is 32.1. The number of nitrogens with zero attached hydrogens (tertiary/aromatic N) is 4. The Morgan fingerprint density at radius 1 is 0.386 bits per heavy atom. The van der Waals surface area contributed by atoms with Crippen LogP contribution in [0.4, 0.5) is 4.39 Å². The third-order valence-corrected chi connectivity index (χ3v) is 11.9. The second-order valence-electron chi connectivity index (χ2n) is 14.1. The van der Waals surface area contributed by atoms with Gasteiger partial charge >= 0.3 is 0 Å². The van der Waals surface area contributed by atoms with Crippen LogP contribution in [-0.4, -0.2) is 19.5 Å². The molecule has 0 aliphatic rings. The molecule has 0 unspecified atom stereocenters. The van der Waals surface area contributed by atoms with Gasteiger partial charge in [-0.1, -0.05) is 146 Å². The van der Waals surface area contributed by atoms with Crippen molar-refractivity contribution in [3.8, 4) is 62.1 Å². The Morgan fingerprint density at radius 2 is 0.930 bits per heavy atom. The molecule has 11 rings (SSSR count). The molecule has 0 N–H and O–H groups in total. The van der Waals surface area contributed by atoms with Crippen LogP contribution in [0.5, 0.6) is 0 Å². The van der Waals surface area contributed by atoms with Gasteiger partial charge in [-0.2, -0.15) is 0 Å². The Labute approximate surface area is 331 Å². The highest BCUT2D eigenvalue weighted by Crippen LogP contribution is 2.41. The lowest BCUT2D eigenvalue weighted by Gasteiger charge is -2.16. The lowest BCUT2D eigenvalue weighted by Crippen LogP contribution is -2.02. The lowest BCUT2D eigenvalue weighted by atomic mass is 10.00. The topological polar surface area (TPSA) is 43.6 Å². The van der Waals surface area contributed by atoms with Crippen molar-refractivity contribution in [3.05, 3.63) is 194 Å². The molecule has 0 atom stereocenters. The number of halogens is 1. The summed E-state index contributed by atoms with van der Waals surface area (Å²) in [5, 5.41) is 4.81. The number of hydrogen-bond acceptors (Lipinski definition) is 4. The maximum Gasteiger partial charge on any atom is 0.164 e. The number of fused-ring (bicyclic) bond motifs is 6. The summed E-state index contributed by atoms with van der Waals surface area (Å²) in [6, 6.07) is 63.5. The Kier molecular flexibility index (Phi) is 7.83. The first-order valence-corrected chi connectivity index (χ1v) is 19.7. The molecule has 0 bridgehead atoms. The quantitative estimate of drug-likeness (QED) is 0.170. The van der Waals surface area contributed by atoms with Gasteiger partial charge in [-0.25, -0.2) is 19.3 Å². The van der Waals surface area contributed by atoms with E-state index in [-0.39, 0.29) is 5.82 Å². The zero-order valence-electron chi connectivity index (χ0n) is 30.5. The number of thiophene rings is 1. The number of hydrogen-bond donors (Lipinski definition) is 0. The molecule has 0 radical (unpaired) electrons. The van der Waals surface area contributed by atoms with Gasteiger partial charge in [-0.05, 0) is 59.2 Å². The Morgan fingerprint density at radius 3 is 1.67 bits per heavy atom. The summed E-state index contributed by atoms with van der Waals surface area (Å²) in [5.41, 5.74) is 9.57. The molecule has 57 heavy (non-hydrogen) atoms. The molecule has 3 heterocycles. The molecular weight excluding hydrogens is 720 g/mol. The molecule has 3 aromatic heterocycles.